The van der Waals surface area contributed by atoms with Crippen molar-refractivity contribution in [1.29, 1.82) is 0 Å². The average molecular weight is 311 g/mol. The fourth-order valence-corrected chi connectivity index (χ4v) is 3.27. The maximum absolute atomic E-state index is 12.1. The summed E-state index contributed by atoms with van der Waals surface area (Å²) in [6.45, 7) is 0.203. The third-order valence-electron chi connectivity index (χ3n) is 3.89. The fourth-order valence-electron chi connectivity index (χ4n) is 2.60. The highest BCUT2D eigenvalue weighted by Gasteiger charge is 2.29. The number of carbonyl (C=O) groups is 1. The van der Waals surface area contributed by atoms with Crippen molar-refractivity contribution in [3.63, 3.8) is 0 Å². The van der Waals surface area contributed by atoms with Gasteiger partial charge < -0.3 is 10.4 Å². The molecule has 6 heteroatoms. The van der Waals surface area contributed by atoms with E-state index < -0.39 is 15.4 Å². The zero-order valence-electron chi connectivity index (χ0n) is 12.1. The summed E-state index contributed by atoms with van der Waals surface area (Å²) in [7, 11) is -3.34. The molecular weight excluding hydrogens is 290 g/mol. The summed E-state index contributed by atoms with van der Waals surface area (Å²) in [6.07, 6.45) is 5.54. The number of benzene rings is 1. The number of rotatable bonds is 4. The first-order valence-electron chi connectivity index (χ1n) is 7.11. The Labute approximate surface area is 125 Å². The molecule has 0 radical (unpaired) electrons. The van der Waals surface area contributed by atoms with Crippen LogP contribution in [0.5, 0.6) is 0 Å². The van der Waals surface area contributed by atoms with Gasteiger partial charge in [-0.2, -0.15) is 0 Å². The number of nitrogens with one attached hydrogen (secondary N) is 1. The Kier molecular flexibility index (Phi) is 4.68. The van der Waals surface area contributed by atoms with Gasteiger partial charge in [0.25, 0.3) is 5.91 Å². The molecule has 1 fully saturated rings. The lowest BCUT2D eigenvalue weighted by Gasteiger charge is -2.32. The first-order chi connectivity index (χ1) is 9.80. The summed E-state index contributed by atoms with van der Waals surface area (Å²) < 4.78 is 23.0. The highest BCUT2D eigenvalue weighted by atomic mass is 32.2. The molecule has 0 aliphatic heterocycles. The van der Waals surface area contributed by atoms with Gasteiger partial charge in [0.05, 0.1) is 10.5 Å². The number of sulfone groups is 1. The molecule has 1 saturated carbocycles. The highest BCUT2D eigenvalue weighted by Crippen LogP contribution is 2.27. The maximum Gasteiger partial charge on any atom is 0.251 e. The number of hydrogen-bond acceptors (Lipinski definition) is 4. The van der Waals surface area contributed by atoms with Gasteiger partial charge in [-0.15, -0.1) is 0 Å². The zero-order valence-corrected chi connectivity index (χ0v) is 12.9. The van der Waals surface area contributed by atoms with Crippen LogP contribution in [0.15, 0.2) is 29.2 Å². The number of amides is 1. The van der Waals surface area contributed by atoms with Crippen LogP contribution in [0.25, 0.3) is 0 Å². The van der Waals surface area contributed by atoms with Gasteiger partial charge in [-0.1, -0.05) is 25.3 Å². The van der Waals surface area contributed by atoms with Crippen LogP contribution in [-0.4, -0.2) is 37.8 Å². The molecule has 0 aromatic heterocycles. The number of hydrogen-bond donors (Lipinski definition) is 2. The van der Waals surface area contributed by atoms with Crippen LogP contribution in [0.1, 0.15) is 42.5 Å². The molecule has 1 aromatic rings. The molecule has 1 aliphatic carbocycles. The topological polar surface area (TPSA) is 83.5 Å². The van der Waals surface area contributed by atoms with Crippen LogP contribution < -0.4 is 5.32 Å². The second-order valence-electron chi connectivity index (χ2n) is 5.77. The standard InChI is InChI=1S/C15H21NO4S/c1-21(19,20)13-7-5-6-12(10-13)14(17)16-11-15(18)8-3-2-4-9-15/h5-7,10,18H,2-4,8-9,11H2,1H3,(H,16,17). The monoisotopic (exact) mass is 311 g/mol. The lowest BCUT2D eigenvalue weighted by molar-refractivity contribution is 0.00525. The lowest BCUT2D eigenvalue weighted by Crippen LogP contribution is -2.44. The summed E-state index contributed by atoms with van der Waals surface area (Å²) in [5.74, 6) is -0.362. The van der Waals surface area contributed by atoms with Gasteiger partial charge in [-0.25, -0.2) is 8.42 Å². The Balaban J connectivity index is 2.04. The number of carbonyl (C=O) groups excluding carboxylic acids is 1. The highest BCUT2D eigenvalue weighted by molar-refractivity contribution is 7.90. The van der Waals surface area contributed by atoms with Crippen LogP contribution in [0.3, 0.4) is 0 Å². The molecule has 0 saturated heterocycles. The molecule has 5 nitrogen and oxygen atoms in total. The van der Waals surface area contributed by atoms with Gasteiger partial charge >= 0.3 is 0 Å². The van der Waals surface area contributed by atoms with E-state index in [1.165, 1.54) is 12.1 Å². The minimum absolute atomic E-state index is 0.117. The van der Waals surface area contributed by atoms with E-state index in [1.807, 2.05) is 0 Å². The predicted molar refractivity (Wildman–Crippen MR) is 79.9 cm³/mol. The minimum atomic E-state index is -3.34. The van der Waals surface area contributed by atoms with E-state index in [-0.39, 0.29) is 22.9 Å². The molecule has 0 spiro atoms. The molecule has 0 unspecified atom stereocenters. The van der Waals surface area contributed by atoms with Gasteiger partial charge in [0.1, 0.15) is 0 Å². The van der Waals surface area contributed by atoms with Crippen molar-refractivity contribution in [3.05, 3.63) is 29.8 Å². The number of aliphatic hydroxyl groups is 1. The summed E-state index contributed by atoms with van der Waals surface area (Å²) in [5.41, 5.74) is -0.542. The fraction of sp³-hybridized carbons (Fsp3) is 0.533. The quantitative estimate of drug-likeness (QED) is 0.883. The molecule has 1 aliphatic rings. The lowest BCUT2D eigenvalue weighted by atomic mass is 9.85. The summed E-state index contributed by atoms with van der Waals surface area (Å²) in [6, 6.07) is 5.92. The second kappa shape index (κ2) is 6.15. The Morgan fingerprint density at radius 1 is 1.29 bits per heavy atom. The molecule has 21 heavy (non-hydrogen) atoms. The Bertz CT molecular complexity index is 618. The van der Waals surface area contributed by atoms with E-state index in [4.69, 9.17) is 0 Å². The largest absolute Gasteiger partial charge is 0.388 e. The van der Waals surface area contributed by atoms with E-state index >= 15 is 0 Å². The molecule has 1 aromatic carbocycles. The molecule has 2 rings (SSSR count). The van der Waals surface area contributed by atoms with Crippen molar-refractivity contribution in [2.75, 3.05) is 12.8 Å². The maximum atomic E-state index is 12.1. The first-order valence-corrected chi connectivity index (χ1v) is 9.00. The Hall–Kier alpha value is -1.40. The van der Waals surface area contributed by atoms with E-state index in [2.05, 4.69) is 5.32 Å². The van der Waals surface area contributed by atoms with Crippen LogP contribution >= 0.6 is 0 Å². The van der Waals surface area contributed by atoms with E-state index in [0.29, 0.717) is 12.8 Å². The third-order valence-corrected chi connectivity index (χ3v) is 5.00. The van der Waals surface area contributed by atoms with Crippen molar-refractivity contribution in [2.45, 2.75) is 42.6 Å². The van der Waals surface area contributed by atoms with Crippen LogP contribution in [0.4, 0.5) is 0 Å². The van der Waals surface area contributed by atoms with Crippen molar-refractivity contribution >= 4 is 15.7 Å². The van der Waals surface area contributed by atoms with Crippen LogP contribution in [-0.2, 0) is 9.84 Å². The summed E-state index contributed by atoms with van der Waals surface area (Å²) >= 11 is 0. The molecule has 1 amide bonds. The van der Waals surface area contributed by atoms with Crippen molar-refractivity contribution in [1.82, 2.24) is 5.32 Å². The first kappa shape index (κ1) is 16.0. The predicted octanol–water partition coefficient (Wildman–Crippen LogP) is 1.52. The van der Waals surface area contributed by atoms with Gasteiger partial charge in [0.2, 0.25) is 0 Å². The Morgan fingerprint density at radius 3 is 2.57 bits per heavy atom. The molecule has 0 bridgehead atoms. The Morgan fingerprint density at radius 2 is 1.95 bits per heavy atom. The van der Waals surface area contributed by atoms with E-state index in [9.17, 15) is 18.3 Å². The summed E-state index contributed by atoms with van der Waals surface area (Å²) in [4.78, 5) is 12.2. The third kappa shape index (κ3) is 4.28. The van der Waals surface area contributed by atoms with Gasteiger partial charge in [0, 0.05) is 18.4 Å². The van der Waals surface area contributed by atoms with E-state index in [1.54, 1.807) is 12.1 Å². The molecule has 116 valence electrons. The summed E-state index contributed by atoms with van der Waals surface area (Å²) in [5, 5.41) is 13.0. The van der Waals surface area contributed by atoms with Gasteiger partial charge in [-0.05, 0) is 31.0 Å². The van der Waals surface area contributed by atoms with Crippen molar-refractivity contribution in [3.8, 4) is 0 Å². The van der Waals surface area contributed by atoms with Gasteiger partial charge in [0.15, 0.2) is 9.84 Å². The normalized spacial score (nSPS) is 18.2. The molecule has 2 N–H and O–H groups in total. The SMILES string of the molecule is CS(=O)(=O)c1cccc(C(=O)NCC2(O)CCCCC2)c1. The second-order valence-corrected chi connectivity index (χ2v) is 7.78. The van der Waals surface area contributed by atoms with Crippen molar-refractivity contribution < 1.29 is 18.3 Å². The van der Waals surface area contributed by atoms with Crippen LogP contribution in [0.2, 0.25) is 0 Å². The van der Waals surface area contributed by atoms with Crippen molar-refractivity contribution in [2.24, 2.45) is 0 Å². The van der Waals surface area contributed by atoms with Crippen LogP contribution in [0, 0.1) is 0 Å². The van der Waals surface area contributed by atoms with E-state index in [0.717, 1.165) is 25.5 Å². The zero-order chi connectivity index (χ0) is 15.5. The molecule has 0 heterocycles. The molecule has 0 atom stereocenters. The smallest absolute Gasteiger partial charge is 0.251 e. The molecular formula is C15H21NO4S. The van der Waals surface area contributed by atoms with Gasteiger partial charge in [-0.3, -0.25) is 4.79 Å². The average Bonchev–Trinajstić information content (AvgIpc) is 2.45. The minimum Gasteiger partial charge on any atom is -0.388 e.